The van der Waals surface area contributed by atoms with Gasteiger partial charge in [0.2, 0.25) is 5.91 Å². The van der Waals surface area contributed by atoms with E-state index in [1.807, 2.05) is 24.3 Å². The van der Waals surface area contributed by atoms with E-state index in [2.05, 4.69) is 10.3 Å². The number of fused-ring (bicyclic) bond motifs is 1. The van der Waals surface area contributed by atoms with Crippen molar-refractivity contribution in [2.24, 2.45) is 17.5 Å². The van der Waals surface area contributed by atoms with Crippen LogP contribution in [0.5, 0.6) is 0 Å². The Balaban J connectivity index is 1.84. The maximum atomic E-state index is 12.4. The summed E-state index contributed by atoms with van der Waals surface area (Å²) in [7, 11) is 1.74. The number of aromatic nitrogens is 1. The number of benzene rings is 1. The average molecular weight is 339 g/mol. The minimum atomic E-state index is 0.0759. The minimum absolute atomic E-state index is 0.0759. The van der Waals surface area contributed by atoms with Crippen LogP contribution in [0, 0.1) is 5.92 Å². The zero-order chi connectivity index (χ0) is 17.8. The van der Waals surface area contributed by atoms with Crippen molar-refractivity contribution in [3.05, 3.63) is 42.2 Å². The van der Waals surface area contributed by atoms with E-state index >= 15 is 0 Å². The Kier molecular flexibility index (Phi) is 5.19. The van der Waals surface area contributed by atoms with Gasteiger partial charge in [-0.25, -0.2) is 10.8 Å². The number of hydrazine groups is 1. The lowest BCUT2D eigenvalue weighted by molar-refractivity contribution is -0.120. The quantitative estimate of drug-likeness (QED) is 0.588. The van der Waals surface area contributed by atoms with Crippen molar-refractivity contribution in [2.45, 2.75) is 32.1 Å². The third kappa shape index (κ3) is 3.91. The van der Waals surface area contributed by atoms with Crippen LogP contribution < -0.4 is 16.9 Å². The van der Waals surface area contributed by atoms with Gasteiger partial charge in [-0.15, -0.1) is 0 Å². The summed E-state index contributed by atoms with van der Waals surface area (Å²) >= 11 is 0. The zero-order valence-corrected chi connectivity index (χ0v) is 14.5. The molecule has 0 bridgehead atoms. The normalized spacial score (nSPS) is 16.0. The summed E-state index contributed by atoms with van der Waals surface area (Å²) in [4.78, 5) is 16.8. The number of anilines is 1. The highest BCUT2D eigenvalue weighted by Gasteiger charge is 2.21. The highest BCUT2D eigenvalue weighted by Crippen LogP contribution is 2.26. The second-order valence-electron chi connectivity index (χ2n) is 6.62. The molecule has 0 radical (unpaired) electrons. The molecular formula is C19H25N5O. The van der Waals surface area contributed by atoms with E-state index < -0.39 is 0 Å². The number of hydrogen-bond acceptors (Lipinski definition) is 5. The smallest absolute Gasteiger partial charge is 0.228 e. The largest absolute Gasteiger partial charge is 0.403 e. The predicted octanol–water partition coefficient (Wildman–Crippen LogP) is 2.82. The van der Waals surface area contributed by atoms with Crippen LogP contribution in [0.4, 0.5) is 5.82 Å². The summed E-state index contributed by atoms with van der Waals surface area (Å²) in [5, 5.41) is 6.42. The Hall–Kier alpha value is -2.60. The lowest BCUT2D eigenvalue weighted by Crippen LogP contribution is -2.25. The molecule has 6 nitrogen and oxygen atoms in total. The standard InChI is InChI=1S/C19H25N5O/c1-24(21)17(11-20)14-7-8-15-12-22-18(10-16(15)9-14)23-19(25)13-5-3-2-4-6-13/h7-13H,2-6,20-21H2,1H3,(H,22,23,25)/b17-11-. The molecule has 1 amide bonds. The highest BCUT2D eigenvalue weighted by molar-refractivity contribution is 5.94. The molecule has 2 aromatic rings. The Bertz CT molecular complexity index is 794. The second-order valence-corrected chi connectivity index (χ2v) is 6.62. The van der Waals surface area contributed by atoms with Gasteiger partial charge in [-0.1, -0.05) is 31.4 Å². The van der Waals surface area contributed by atoms with Gasteiger partial charge >= 0.3 is 0 Å². The van der Waals surface area contributed by atoms with Gasteiger partial charge in [0.1, 0.15) is 5.82 Å². The highest BCUT2D eigenvalue weighted by atomic mass is 16.1. The van der Waals surface area contributed by atoms with Gasteiger partial charge in [0.25, 0.3) is 0 Å². The van der Waals surface area contributed by atoms with Gasteiger partial charge in [0.05, 0.1) is 5.70 Å². The van der Waals surface area contributed by atoms with Crippen LogP contribution in [0.3, 0.4) is 0 Å². The number of nitrogens with zero attached hydrogens (tertiary/aromatic N) is 2. The van der Waals surface area contributed by atoms with Crippen LogP contribution in [0.2, 0.25) is 0 Å². The van der Waals surface area contributed by atoms with Crippen molar-refractivity contribution in [3.63, 3.8) is 0 Å². The van der Waals surface area contributed by atoms with E-state index in [0.29, 0.717) is 5.82 Å². The Morgan fingerprint density at radius 1 is 1.24 bits per heavy atom. The molecule has 1 heterocycles. The second kappa shape index (κ2) is 7.53. The first-order valence-electron chi connectivity index (χ1n) is 8.70. The van der Waals surface area contributed by atoms with E-state index in [1.54, 1.807) is 13.2 Å². The molecule has 132 valence electrons. The van der Waals surface area contributed by atoms with Crippen LogP contribution >= 0.6 is 0 Å². The molecule has 6 heteroatoms. The fraction of sp³-hybridized carbons (Fsp3) is 0.368. The monoisotopic (exact) mass is 339 g/mol. The molecule has 1 aliphatic carbocycles. The van der Waals surface area contributed by atoms with Crippen LogP contribution in [0.1, 0.15) is 37.7 Å². The molecule has 0 aliphatic heterocycles. The Morgan fingerprint density at radius 3 is 2.68 bits per heavy atom. The molecule has 0 atom stereocenters. The van der Waals surface area contributed by atoms with Crippen LogP contribution in [-0.2, 0) is 4.79 Å². The third-order valence-electron chi connectivity index (χ3n) is 4.78. The first-order valence-corrected chi connectivity index (χ1v) is 8.70. The molecular weight excluding hydrogens is 314 g/mol. The summed E-state index contributed by atoms with van der Waals surface area (Å²) in [6.45, 7) is 0. The molecule has 1 fully saturated rings. The fourth-order valence-corrected chi connectivity index (χ4v) is 3.38. The predicted molar refractivity (Wildman–Crippen MR) is 101 cm³/mol. The molecule has 0 unspecified atom stereocenters. The lowest BCUT2D eigenvalue weighted by Gasteiger charge is -2.20. The lowest BCUT2D eigenvalue weighted by atomic mass is 9.89. The third-order valence-corrected chi connectivity index (χ3v) is 4.78. The van der Waals surface area contributed by atoms with Crippen LogP contribution in [0.25, 0.3) is 16.5 Å². The molecule has 1 saturated carbocycles. The number of nitrogens with two attached hydrogens (primary N) is 2. The summed E-state index contributed by atoms with van der Waals surface area (Å²) in [5.41, 5.74) is 7.32. The number of rotatable bonds is 4. The maximum absolute atomic E-state index is 12.4. The average Bonchev–Trinajstić information content (AvgIpc) is 2.62. The summed E-state index contributed by atoms with van der Waals surface area (Å²) < 4.78 is 0. The molecule has 3 rings (SSSR count). The Morgan fingerprint density at radius 2 is 2.00 bits per heavy atom. The van der Waals surface area contributed by atoms with Gasteiger partial charge in [0, 0.05) is 36.3 Å². The van der Waals surface area contributed by atoms with E-state index in [4.69, 9.17) is 11.6 Å². The number of hydrogen-bond donors (Lipinski definition) is 3. The number of carbonyl (C=O) groups is 1. The van der Waals surface area contributed by atoms with Gasteiger partial charge in [0.15, 0.2) is 0 Å². The summed E-state index contributed by atoms with van der Waals surface area (Å²) in [5.74, 6) is 6.58. The topological polar surface area (TPSA) is 97.3 Å². The maximum Gasteiger partial charge on any atom is 0.228 e. The van der Waals surface area contributed by atoms with E-state index in [9.17, 15) is 4.79 Å². The zero-order valence-electron chi connectivity index (χ0n) is 14.5. The van der Waals surface area contributed by atoms with Gasteiger partial charge in [-0.3, -0.25) is 4.79 Å². The summed E-state index contributed by atoms with van der Waals surface area (Å²) in [6, 6.07) is 7.81. The van der Waals surface area contributed by atoms with E-state index in [0.717, 1.165) is 47.7 Å². The van der Waals surface area contributed by atoms with Crippen molar-refractivity contribution in [3.8, 4) is 0 Å². The molecule has 25 heavy (non-hydrogen) atoms. The van der Waals surface area contributed by atoms with Gasteiger partial charge in [-0.2, -0.15) is 0 Å². The van der Waals surface area contributed by atoms with Crippen molar-refractivity contribution >= 4 is 28.2 Å². The Labute approximate surface area is 147 Å². The number of amides is 1. The van der Waals surface area contributed by atoms with Gasteiger partial charge in [-0.05, 0) is 30.4 Å². The van der Waals surface area contributed by atoms with Crippen molar-refractivity contribution < 1.29 is 4.79 Å². The number of nitrogens with one attached hydrogen (secondary N) is 1. The molecule has 0 spiro atoms. The van der Waals surface area contributed by atoms with Gasteiger partial charge < -0.3 is 16.1 Å². The number of carbonyl (C=O) groups excluding carboxylic acids is 1. The van der Waals surface area contributed by atoms with Crippen molar-refractivity contribution in [2.75, 3.05) is 12.4 Å². The first-order chi connectivity index (χ1) is 12.1. The van der Waals surface area contributed by atoms with Crippen LogP contribution in [-0.4, -0.2) is 22.9 Å². The summed E-state index contributed by atoms with van der Waals surface area (Å²) in [6.07, 6.45) is 8.68. The molecule has 1 aromatic heterocycles. The number of pyridine rings is 1. The first kappa shape index (κ1) is 17.2. The fourth-order valence-electron chi connectivity index (χ4n) is 3.38. The molecule has 5 N–H and O–H groups in total. The SMILES string of the molecule is CN(N)/C(=C\N)c1ccc2cnc(NC(=O)C3CCCCC3)cc2c1. The van der Waals surface area contributed by atoms with E-state index in [-0.39, 0.29) is 11.8 Å². The molecule has 1 aliphatic rings. The van der Waals surface area contributed by atoms with Crippen molar-refractivity contribution in [1.29, 1.82) is 0 Å². The van der Waals surface area contributed by atoms with Crippen molar-refractivity contribution in [1.82, 2.24) is 9.99 Å². The molecule has 0 saturated heterocycles. The molecule has 1 aromatic carbocycles. The minimum Gasteiger partial charge on any atom is -0.403 e. The van der Waals surface area contributed by atoms with E-state index in [1.165, 1.54) is 17.6 Å². The van der Waals surface area contributed by atoms with Crippen LogP contribution in [0.15, 0.2) is 36.7 Å².